The maximum atomic E-state index is 14.1. The normalized spacial score (nSPS) is 11.2. The van der Waals surface area contributed by atoms with E-state index in [4.69, 9.17) is 0 Å². The van der Waals surface area contributed by atoms with Crippen molar-refractivity contribution in [1.82, 2.24) is 14.9 Å². The van der Waals surface area contributed by atoms with Crippen molar-refractivity contribution in [3.8, 4) is 0 Å². The molecule has 0 aliphatic carbocycles. The molecule has 0 amide bonds. The van der Waals surface area contributed by atoms with Crippen LogP contribution in [0.5, 0.6) is 0 Å². The van der Waals surface area contributed by atoms with E-state index in [0.29, 0.717) is 17.6 Å². The number of rotatable bonds is 7. The van der Waals surface area contributed by atoms with E-state index in [9.17, 15) is 9.18 Å². The molecule has 2 heterocycles. The number of halogens is 1. The first kappa shape index (κ1) is 21.7. The summed E-state index contributed by atoms with van der Waals surface area (Å²) in [4.78, 5) is 17.9. The molecule has 5 rings (SSSR count). The van der Waals surface area contributed by atoms with Crippen molar-refractivity contribution in [2.45, 2.75) is 19.1 Å². The van der Waals surface area contributed by atoms with Gasteiger partial charge in [-0.3, -0.25) is 9.78 Å². The van der Waals surface area contributed by atoms with Crippen molar-refractivity contribution in [3.05, 3.63) is 148 Å². The quantitative estimate of drug-likeness (QED) is 0.359. The third-order valence-corrected chi connectivity index (χ3v) is 5.94. The highest BCUT2D eigenvalue weighted by Crippen LogP contribution is 2.23. The molecule has 0 aliphatic rings. The van der Waals surface area contributed by atoms with E-state index in [1.54, 1.807) is 16.8 Å². The van der Waals surface area contributed by atoms with Crippen LogP contribution in [0.1, 0.15) is 28.4 Å². The molecule has 1 N–H and O–H groups in total. The predicted molar refractivity (Wildman–Crippen MR) is 133 cm³/mol. The molecule has 5 heteroatoms. The fraction of sp³-hybridized carbons (Fsp3) is 0.103. The Hall–Kier alpha value is -4.09. The Labute approximate surface area is 197 Å². The molecule has 0 radical (unpaired) electrons. The van der Waals surface area contributed by atoms with Crippen LogP contribution in [-0.4, -0.2) is 9.55 Å². The Kier molecular flexibility index (Phi) is 6.27. The van der Waals surface area contributed by atoms with Gasteiger partial charge in [0.15, 0.2) is 0 Å². The van der Waals surface area contributed by atoms with Gasteiger partial charge in [0, 0.05) is 18.3 Å². The molecule has 4 nitrogen and oxygen atoms in total. The highest BCUT2D eigenvalue weighted by Gasteiger charge is 2.16. The van der Waals surface area contributed by atoms with Crippen LogP contribution in [0.25, 0.3) is 10.9 Å². The molecule has 0 spiro atoms. The molecule has 5 aromatic rings. The fourth-order valence-corrected chi connectivity index (χ4v) is 4.27. The Morgan fingerprint density at radius 1 is 0.824 bits per heavy atom. The maximum Gasteiger partial charge on any atom is 0.255 e. The van der Waals surface area contributed by atoms with Crippen molar-refractivity contribution in [3.63, 3.8) is 0 Å². The van der Waals surface area contributed by atoms with Crippen LogP contribution in [0.3, 0.4) is 0 Å². The molecule has 0 fully saturated rings. The summed E-state index contributed by atoms with van der Waals surface area (Å²) in [5.41, 5.74) is 3.99. The van der Waals surface area contributed by atoms with Gasteiger partial charge < -0.3 is 9.88 Å². The lowest BCUT2D eigenvalue weighted by Gasteiger charge is -2.20. The third-order valence-electron chi connectivity index (χ3n) is 5.94. The number of nitrogens with zero attached hydrogens (tertiary/aromatic N) is 2. The third kappa shape index (κ3) is 4.65. The summed E-state index contributed by atoms with van der Waals surface area (Å²) < 4.78 is 15.7. The summed E-state index contributed by atoms with van der Waals surface area (Å²) in [6.45, 7) is 0.636. The van der Waals surface area contributed by atoms with Crippen molar-refractivity contribution >= 4 is 10.9 Å². The Balaban J connectivity index is 1.54. The number of hydrogen-bond acceptors (Lipinski definition) is 3. The minimum Gasteiger partial charge on any atom is -0.302 e. The van der Waals surface area contributed by atoms with Gasteiger partial charge in [0.1, 0.15) is 5.82 Å². The number of pyridine rings is 2. The monoisotopic (exact) mass is 449 g/mol. The zero-order valence-corrected chi connectivity index (χ0v) is 18.6. The van der Waals surface area contributed by atoms with Gasteiger partial charge in [-0.05, 0) is 52.9 Å². The first-order valence-corrected chi connectivity index (χ1v) is 11.2. The Bertz CT molecular complexity index is 1410. The lowest BCUT2D eigenvalue weighted by Crippen LogP contribution is -2.30. The van der Waals surface area contributed by atoms with Crippen molar-refractivity contribution < 1.29 is 4.39 Å². The molecule has 0 bridgehead atoms. The van der Waals surface area contributed by atoms with Gasteiger partial charge in [-0.2, -0.15) is 0 Å². The van der Waals surface area contributed by atoms with Crippen LogP contribution in [0.2, 0.25) is 0 Å². The average Bonchev–Trinajstić information content (AvgIpc) is 2.88. The zero-order chi connectivity index (χ0) is 23.3. The van der Waals surface area contributed by atoms with Gasteiger partial charge in [-0.15, -0.1) is 0 Å². The van der Waals surface area contributed by atoms with E-state index >= 15 is 0 Å². The largest absolute Gasteiger partial charge is 0.302 e. The minimum atomic E-state index is -0.374. The number of fused-ring (bicyclic) bond motifs is 1. The molecule has 0 unspecified atom stereocenters. The molecule has 168 valence electrons. The molecule has 0 saturated heterocycles. The molecule has 0 saturated carbocycles. The summed E-state index contributed by atoms with van der Waals surface area (Å²) in [6, 6.07) is 32.2. The van der Waals surface area contributed by atoms with Crippen LogP contribution in [0.15, 0.2) is 114 Å². The number of benzene rings is 3. The van der Waals surface area contributed by atoms with Crippen molar-refractivity contribution in [2.75, 3.05) is 0 Å². The van der Waals surface area contributed by atoms with E-state index in [-0.39, 0.29) is 24.0 Å². The lowest BCUT2D eigenvalue weighted by molar-refractivity contribution is 0.597. The van der Waals surface area contributed by atoms with E-state index in [1.807, 2.05) is 60.7 Å². The summed E-state index contributed by atoms with van der Waals surface area (Å²) in [6.07, 6.45) is 1.69. The Morgan fingerprint density at radius 2 is 1.50 bits per heavy atom. The molecular formula is C29H24FN3O. The molecule has 0 aliphatic heterocycles. The first-order chi connectivity index (χ1) is 16.7. The molecule has 2 aromatic heterocycles. The summed E-state index contributed by atoms with van der Waals surface area (Å²) >= 11 is 0. The van der Waals surface area contributed by atoms with Gasteiger partial charge in [0.25, 0.3) is 5.56 Å². The summed E-state index contributed by atoms with van der Waals surface area (Å²) in [5.74, 6) is -0.374. The SMILES string of the molecule is O=c1c(CNC(c2ccccc2)c2ccccc2)cc2ccc(F)cc2n1Cc1ccccn1. The first-order valence-electron chi connectivity index (χ1n) is 11.2. The van der Waals surface area contributed by atoms with Crippen molar-refractivity contribution in [2.24, 2.45) is 0 Å². The average molecular weight is 450 g/mol. The lowest BCUT2D eigenvalue weighted by atomic mass is 9.98. The second-order valence-electron chi connectivity index (χ2n) is 8.22. The van der Waals surface area contributed by atoms with Crippen LogP contribution in [0.4, 0.5) is 4.39 Å². The van der Waals surface area contributed by atoms with Gasteiger partial charge in [-0.1, -0.05) is 66.7 Å². The second kappa shape index (κ2) is 9.81. The number of aromatic nitrogens is 2. The second-order valence-corrected chi connectivity index (χ2v) is 8.22. The zero-order valence-electron chi connectivity index (χ0n) is 18.6. The standard InChI is InChI=1S/C29H24FN3O/c30-25-15-14-23-17-24(29(34)33(27(23)18-25)20-26-13-7-8-16-31-26)19-32-28(21-9-3-1-4-10-21)22-11-5-2-6-12-22/h1-18,28,32H,19-20H2. The smallest absolute Gasteiger partial charge is 0.255 e. The van der Waals surface area contributed by atoms with Gasteiger partial charge in [0.2, 0.25) is 0 Å². The van der Waals surface area contributed by atoms with Gasteiger partial charge >= 0.3 is 0 Å². The van der Waals surface area contributed by atoms with Crippen LogP contribution >= 0.6 is 0 Å². The van der Waals surface area contributed by atoms with Crippen LogP contribution in [0, 0.1) is 5.82 Å². The highest BCUT2D eigenvalue weighted by molar-refractivity contribution is 5.79. The van der Waals surface area contributed by atoms with Crippen molar-refractivity contribution in [1.29, 1.82) is 0 Å². The topological polar surface area (TPSA) is 46.9 Å². The summed E-state index contributed by atoms with van der Waals surface area (Å²) in [7, 11) is 0. The van der Waals surface area contributed by atoms with Crippen LogP contribution < -0.4 is 10.9 Å². The maximum absolute atomic E-state index is 14.1. The van der Waals surface area contributed by atoms with Gasteiger partial charge in [0.05, 0.1) is 23.8 Å². The molecule has 0 atom stereocenters. The number of nitrogens with one attached hydrogen (secondary N) is 1. The highest BCUT2D eigenvalue weighted by atomic mass is 19.1. The van der Waals surface area contributed by atoms with E-state index in [1.165, 1.54) is 12.1 Å². The van der Waals surface area contributed by atoms with Gasteiger partial charge in [-0.25, -0.2) is 4.39 Å². The number of hydrogen-bond donors (Lipinski definition) is 1. The molecule has 34 heavy (non-hydrogen) atoms. The fourth-order valence-electron chi connectivity index (χ4n) is 4.27. The summed E-state index contributed by atoms with van der Waals surface area (Å²) in [5, 5.41) is 4.38. The predicted octanol–water partition coefficient (Wildman–Crippen LogP) is 5.46. The van der Waals surface area contributed by atoms with E-state index in [0.717, 1.165) is 22.2 Å². The molecular weight excluding hydrogens is 425 g/mol. The van der Waals surface area contributed by atoms with Crippen LogP contribution in [-0.2, 0) is 13.1 Å². The minimum absolute atomic E-state index is 0.0741. The van der Waals surface area contributed by atoms with E-state index in [2.05, 4.69) is 34.6 Å². The molecule has 3 aromatic carbocycles. The Morgan fingerprint density at radius 3 is 2.15 bits per heavy atom. The van der Waals surface area contributed by atoms with E-state index < -0.39 is 0 Å².